The van der Waals surface area contributed by atoms with Crippen LogP contribution in [0.1, 0.15) is 17.8 Å². The van der Waals surface area contributed by atoms with Crippen LogP contribution in [0.5, 0.6) is 11.6 Å². The predicted octanol–water partition coefficient (Wildman–Crippen LogP) is 3.14. The normalized spacial score (nSPS) is 21.0. The van der Waals surface area contributed by atoms with Crippen LogP contribution in [-0.4, -0.2) is 52.3 Å². The van der Waals surface area contributed by atoms with Crippen molar-refractivity contribution >= 4 is 0 Å². The summed E-state index contributed by atoms with van der Waals surface area (Å²) in [4.78, 5) is 11.4. The Bertz CT molecular complexity index is 1030. The summed E-state index contributed by atoms with van der Waals surface area (Å²) in [6.07, 6.45) is 4.71. The molecule has 0 bridgehead atoms. The Labute approximate surface area is 176 Å². The Morgan fingerprint density at radius 1 is 1.07 bits per heavy atom. The molecule has 1 atom stereocenters. The quantitative estimate of drug-likeness (QED) is 0.649. The summed E-state index contributed by atoms with van der Waals surface area (Å²) in [7, 11) is 3.35. The van der Waals surface area contributed by atoms with E-state index in [1.54, 1.807) is 20.4 Å². The van der Waals surface area contributed by atoms with E-state index < -0.39 is 0 Å². The van der Waals surface area contributed by atoms with Gasteiger partial charge in [-0.05, 0) is 36.8 Å². The number of ether oxygens (including phenoxy) is 3. The number of hydrogen-bond acceptors (Lipinski definition) is 6. The molecule has 156 valence electrons. The summed E-state index contributed by atoms with van der Waals surface area (Å²) in [5.41, 5.74) is 3.18. The fourth-order valence-corrected chi connectivity index (χ4v) is 4.53. The van der Waals surface area contributed by atoms with Crippen molar-refractivity contribution in [3.63, 3.8) is 0 Å². The summed E-state index contributed by atoms with van der Waals surface area (Å²) in [6, 6.07) is 12.2. The van der Waals surface area contributed by atoms with Crippen molar-refractivity contribution in [2.45, 2.75) is 31.7 Å². The van der Waals surface area contributed by atoms with Crippen molar-refractivity contribution in [2.75, 3.05) is 27.3 Å². The molecule has 7 heteroatoms. The van der Waals surface area contributed by atoms with Crippen molar-refractivity contribution in [1.29, 1.82) is 0 Å². The number of rotatable bonds is 5. The maximum atomic E-state index is 6.37. The van der Waals surface area contributed by atoms with E-state index in [4.69, 9.17) is 14.2 Å². The zero-order chi connectivity index (χ0) is 20.6. The van der Waals surface area contributed by atoms with E-state index in [0.29, 0.717) is 12.5 Å². The van der Waals surface area contributed by atoms with Crippen LogP contribution in [0.15, 0.2) is 48.8 Å². The van der Waals surface area contributed by atoms with Gasteiger partial charge in [0.1, 0.15) is 23.8 Å². The van der Waals surface area contributed by atoms with Crippen molar-refractivity contribution in [3.8, 4) is 22.9 Å². The molecule has 2 aromatic heterocycles. The third-order valence-corrected chi connectivity index (χ3v) is 6.11. The van der Waals surface area contributed by atoms with Crippen molar-refractivity contribution in [1.82, 2.24) is 19.4 Å². The number of likely N-dealkylation sites (tertiary alicyclic amines) is 1. The molecule has 30 heavy (non-hydrogen) atoms. The molecule has 0 aliphatic carbocycles. The smallest absolute Gasteiger partial charge is 0.217 e. The molecule has 0 unspecified atom stereocenters. The first-order valence-electron chi connectivity index (χ1n) is 10.2. The van der Waals surface area contributed by atoms with Crippen LogP contribution < -0.4 is 9.47 Å². The van der Waals surface area contributed by atoms with Crippen molar-refractivity contribution in [3.05, 3.63) is 60.2 Å². The number of imidazole rings is 1. The Morgan fingerprint density at radius 3 is 2.73 bits per heavy atom. The van der Waals surface area contributed by atoms with Gasteiger partial charge in [-0.3, -0.25) is 4.90 Å². The van der Waals surface area contributed by atoms with Gasteiger partial charge in [0.2, 0.25) is 5.88 Å². The highest BCUT2D eigenvalue weighted by molar-refractivity contribution is 5.60. The molecule has 0 radical (unpaired) electrons. The summed E-state index contributed by atoms with van der Waals surface area (Å²) < 4.78 is 19.4. The first-order chi connectivity index (χ1) is 14.7. The number of methoxy groups -OCH3 is 2. The minimum absolute atomic E-state index is 0.190. The molecule has 4 heterocycles. The topological polar surface area (TPSA) is 61.6 Å². The first kappa shape index (κ1) is 19.1. The predicted molar refractivity (Wildman–Crippen MR) is 112 cm³/mol. The molecule has 0 amide bonds. The van der Waals surface area contributed by atoms with Gasteiger partial charge in [-0.25, -0.2) is 9.97 Å². The molecule has 2 aliphatic rings. The van der Waals surface area contributed by atoms with Gasteiger partial charge in [0.05, 0.1) is 32.7 Å². The van der Waals surface area contributed by atoms with Gasteiger partial charge in [-0.1, -0.05) is 6.07 Å². The third-order valence-electron chi connectivity index (χ3n) is 6.11. The van der Waals surface area contributed by atoms with E-state index in [9.17, 15) is 0 Å². The largest absolute Gasteiger partial charge is 0.497 e. The molecule has 1 spiro atoms. The molecule has 3 aromatic rings. The SMILES string of the molecule is COc1ccc(-c2cnc3n2C[C@]2(CCN(Cc4cccnc4OC)C2)OC3)cc1. The molecular weight excluding hydrogens is 380 g/mol. The molecule has 7 nitrogen and oxygen atoms in total. The highest BCUT2D eigenvalue weighted by atomic mass is 16.5. The van der Waals surface area contributed by atoms with E-state index in [2.05, 4.69) is 37.6 Å². The number of benzene rings is 1. The Balaban J connectivity index is 1.35. The lowest BCUT2D eigenvalue weighted by Gasteiger charge is -2.35. The zero-order valence-corrected chi connectivity index (χ0v) is 17.4. The van der Waals surface area contributed by atoms with Crippen molar-refractivity contribution < 1.29 is 14.2 Å². The number of pyridine rings is 1. The van der Waals surface area contributed by atoms with Gasteiger partial charge in [-0.2, -0.15) is 0 Å². The van der Waals surface area contributed by atoms with Crippen LogP contribution in [-0.2, 0) is 24.4 Å². The standard InChI is InChI=1S/C23H26N4O3/c1-28-19-7-5-17(6-8-19)20-12-25-21-14-30-23(16-27(20)21)9-11-26(15-23)13-18-4-3-10-24-22(18)29-2/h3-8,10,12H,9,11,13-16H2,1-2H3/t23-/m1/s1. The van der Waals surface area contributed by atoms with Crippen LogP contribution >= 0.6 is 0 Å². The van der Waals surface area contributed by atoms with Crippen LogP contribution in [0.4, 0.5) is 0 Å². The second kappa shape index (κ2) is 7.74. The molecule has 2 aliphatic heterocycles. The number of aromatic nitrogens is 3. The van der Waals surface area contributed by atoms with Crippen LogP contribution in [0.3, 0.4) is 0 Å². The molecule has 5 rings (SSSR count). The summed E-state index contributed by atoms with van der Waals surface area (Å²) in [5.74, 6) is 2.54. The second-order valence-electron chi connectivity index (χ2n) is 7.98. The minimum Gasteiger partial charge on any atom is -0.497 e. The lowest BCUT2D eigenvalue weighted by Crippen LogP contribution is -2.44. The van der Waals surface area contributed by atoms with Gasteiger partial charge in [-0.15, -0.1) is 0 Å². The number of nitrogens with zero attached hydrogens (tertiary/aromatic N) is 4. The third kappa shape index (κ3) is 3.44. The molecular formula is C23H26N4O3. The van der Waals surface area contributed by atoms with Gasteiger partial charge < -0.3 is 18.8 Å². The van der Waals surface area contributed by atoms with E-state index in [-0.39, 0.29) is 5.60 Å². The fraction of sp³-hybridized carbons (Fsp3) is 0.391. The molecule has 1 saturated heterocycles. The summed E-state index contributed by atoms with van der Waals surface area (Å²) >= 11 is 0. The second-order valence-corrected chi connectivity index (χ2v) is 7.98. The van der Waals surface area contributed by atoms with Gasteiger partial charge in [0.25, 0.3) is 0 Å². The van der Waals surface area contributed by atoms with E-state index >= 15 is 0 Å². The fourth-order valence-electron chi connectivity index (χ4n) is 4.53. The van der Waals surface area contributed by atoms with Crippen molar-refractivity contribution in [2.24, 2.45) is 0 Å². The van der Waals surface area contributed by atoms with Gasteiger partial charge in [0, 0.05) is 37.0 Å². The molecule has 0 saturated carbocycles. The Kier molecular flexibility index (Phi) is 4.92. The summed E-state index contributed by atoms with van der Waals surface area (Å²) in [6.45, 7) is 4.03. The average Bonchev–Trinajstić information content (AvgIpc) is 3.38. The van der Waals surface area contributed by atoms with Gasteiger partial charge in [0.15, 0.2) is 0 Å². The average molecular weight is 406 g/mol. The molecule has 1 aromatic carbocycles. The first-order valence-corrected chi connectivity index (χ1v) is 10.2. The van der Waals surface area contributed by atoms with E-state index in [0.717, 1.165) is 61.0 Å². The maximum Gasteiger partial charge on any atom is 0.217 e. The van der Waals surface area contributed by atoms with Gasteiger partial charge >= 0.3 is 0 Å². The highest BCUT2D eigenvalue weighted by Gasteiger charge is 2.43. The zero-order valence-electron chi connectivity index (χ0n) is 17.4. The maximum absolute atomic E-state index is 6.37. The number of hydrogen-bond donors (Lipinski definition) is 0. The van der Waals surface area contributed by atoms with Crippen LogP contribution in [0, 0.1) is 0 Å². The van der Waals surface area contributed by atoms with Crippen LogP contribution in [0.25, 0.3) is 11.3 Å². The minimum atomic E-state index is -0.190. The molecule has 1 fully saturated rings. The monoisotopic (exact) mass is 406 g/mol. The highest BCUT2D eigenvalue weighted by Crippen LogP contribution is 2.36. The lowest BCUT2D eigenvalue weighted by atomic mass is 10.0. The summed E-state index contributed by atoms with van der Waals surface area (Å²) in [5, 5.41) is 0. The van der Waals surface area contributed by atoms with Crippen LogP contribution in [0.2, 0.25) is 0 Å². The number of fused-ring (bicyclic) bond motifs is 1. The Morgan fingerprint density at radius 2 is 1.93 bits per heavy atom. The Hall–Kier alpha value is -2.90. The van der Waals surface area contributed by atoms with E-state index in [1.165, 1.54) is 0 Å². The molecule has 0 N–H and O–H groups in total. The van der Waals surface area contributed by atoms with E-state index in [1.807, 2.05) is 24.4 Å². The lowest BCUT2D eigenvalue weighted by molar-refractivity contribution is -0.0821.